The van der Waals surface area contributed by atoms with Gasteiger partial charge < -0.3 is 10.2 Å². The number of hydrogen-bond donors (Lipinski definition) is 1. The van der Waals surface area contributed by atoms with Crippen LogP contribution >= 0.6 is 22.9 Å². The summed E-state index contributed by atoms with van der Waals surface area (Å²) in [4.78, 5) is 28.0. The molecule has 132 valence electrons. The number of nitrogens with zero attached hydrogens (tertiary/aromatic N) is 1. The van der Waals surface area contributed by atoms with Crippen LogP contribution in [0.2, 0.25) is 5.02 Å². The quantitative estimate of drug-likeness (QED) is 0.875. The second kappa shape index (κ2) is 7.14. The third-order valence-electron chi connectivity index (χ3n) is 4.26. The van der Waals surface area contributed by atoms with Crippen LogP contribution < -0.4 is 5.32 Å². The normalized spacial score (nSPS) is 16.2. The van der Waals surface area contributed by atoms with Crippen molar-refractivity contribution in [3.8, 4) is 0 Å². The monoisotopic (exact) mass is 380 g/mol. The van der Waals surface area contributed by atoms with Gasteiger partial charge >= 0.3 is 0 Å². The summed E-state index contributed by atoms with van der Waals surface area (Å²) in [6.45, 7) is 0. The van der Waals surface area contributed by atoms with E-state index in [2.05, 4.69) is 5.32 Å². The molecule has 2 aromatic rings. The van der Waals surface area contributed by atoms with E-state index in [4.69, 9.17) is 11.6 Å². The van der Waals surface area contributed by atoms with Crippen LogP contribution in [-0.2, 0) is 17.6 Å². The number of fused-ring (bicyclic) bond motifs is 1. The molecule has 1 aromatic heterocycles. The third-order valence-corrected chi connectivity index (χ3v) is 5.72. The lowest BCUT2D eigenvalue weighted by Gasteiger charge is -2.21. The molecule has 0 saturated heterocycles. The fourth-order valence-electron chi connectivity index (χ4n) is 2.90. The molecular formula is C18H18ClFN2O2S. The molecular weight excluding hydrogens is 363 g/mol. The van der Waals surface area contributed by atoms with Crippen LogP contribution in [0.5, 0.6) is 0 Å². The molecule has 1 heterocycles. The topological polar surface area (TPSA) is 49.4 Å². The summed E-state index contributed by atoms with van der Waals surface area (Å²) in [6, 6.07) is 5.95. The van der Waals surface area contributed by atoms with Crippen molar-refractivity contribution in [3.63, 3.8) is 0 Å². The highest BCUT2D eigenvalue weighted by atomic mass is 35.5. The minimum atomic E-state index is -0.511. The van der Waals surface area contributed by atoms with E-state index >= 15 is 0 Å². The van der Waals surface area contributed by atoms with Crippen LogP contribution in [0.15, 0.2) is 24.3 Å². The second-order valence-electron chi connectivity index (χ2n) is 6.31. The number of carbonyl (C=O) groups is 2. The van der Waals surface area contributed by atoms with Gasteiger partial charge in [-0.2, -0.15) is 0 Å². The number of anilines is 1. The molecule has 4 nitrogen and oxygen atoms in total. The predicted octanol–water partition coefficient (Wildman–Crippen LogP) is 3.99. The first kappa shape index (κ1) is 17.9. The van der Waals surface area contributed by atoms with Crippen molar-refractivity contribution in [2.75, 3.05) is 19.4 Å². The van der Waals surface area contributed by atoms with Gasteiger partial charge in [0.1, 0.15) is 5.82 Å². The SMILES string of the molecule is CN(C)C(=O)c1cc2c(s1)CC[C@H](C(=O)Nc1cc(Cl)ccc1F)C2. The largest absolute Gasteiger partial charge is 0.344 e. The fraction of sp³-hybridized carbons (Fsp3) is 0.333. The molecule has 1 N–H and O–H groups in total. The van der Waals surface area contributed by atoms with Gasteiger partial charge in [0.15, 0.2) is 0 Å². The molecule has 0 saturated carbocycles. The van der Waals surface area contributed by atoms with Crippen LogP contribution in [0.1, 0.15) is 26.5 Å². The minimum Gasteiger partial charge on any atom is -0.344 e. The molecule has 0 fully saturated rings. The van der Waals surface area contributed by atoms with Gasteiger partial charge in [-0.25, -0.2) is 4.39 Å². The van der Waals surface area contributed by atoms with Crippen molar-refractivity contribution in [1.82, 2.24) is 4.90 Å². The van der Waals surface area contributed by atoms with E-state index in [1.807, 2.05) is 6.07 Å². The van der Waals surface area contributed by atoms with E-state index in [-0.39, 0.29) is 23.4 Å². The molecule has 0 unspecified atom stereocenters. The maximum Gasteiger partial charge on any atom is 0.263 e. The Morgan fingerprint density at radius 3 is 2.80 bits per heavy atom. The first-order chi connectivity index (χ1) is 11.8. The van der Waals surface area contributed by atoms with Crippen molar-refractivity contribution in [2.24, 2.45) is 5.92 Å². The van der Waals surface area contributed by atoms with Gasteiger partial charge in [-0.1, -0.05) is 11.6 Å². The zero-order valence-electron chi connectivity index (χ0n) is 13.9. The minimum absolute atomic E-state index is 0.0265. The molecule has 1 aromatic carbocycles. The first-order valence-corrected chi connectivity index (χ1v) is 9.13. The predicted molar refractivity (Wildman–Crippen MR) is 97.9 cm³/mol. The Labute approximate surface area is 154 Å². The summed E-state index contributed by atoms with van der Waals surface area (Å²) in [5.74, 6) is -1.01. The summed E-state index contributed by atoms with van der Waals surface area (Å²) in [5.41, 5.74) is 1.13. The second-order valence-corrected chi connectivity index (χ2v) is 7.88. The summed E-state index contributed by atoms with van der Waals surface area (Å²) in [5, 5.41) is 3.00. The molecule has 2 amide bonds. The maximum atomic E-state index is 13.8. The van der Waals surface area contributed by atoms with Crippen molar-refractivity contribution >= 4 is 40.4 Å². The van der Waals surface area contributed by atoms with Crippen LogP contribution in [0.25, 0.3) is 0 Å². The number of rotatable bonds is 3. The summed E-state index contributed by atoms with van der Waals surface area (Å²) >= 11 is 7.35. The van der Waals surface area contributed by atoms with Gasteiger partial charge in [0, 0.05) is 29.9 Å². The fourth-order valence-corrected chi connectivity index (χ4v) is 4.30. The smallest absolute Gasteiger partial charge is 0.263 e. The molecule has 1 atom stereocenters. The first-order valence-electron chi connectivity index (χ1n) is 7.94. The van der Waals surface area contributed by atoms with Crippen molar-refractivity contribution in [2.45, 2.75) is 19.3 Å². The van der Waals surface area contributed by atoms with Gasteiger partial charge in [0.05, 0.1) is 10.6 Å². The Hall–Kier alpha value is -1.92. The van der Waals surface area contributed by atoms with Crippen LogP contribution in [0, 0.1) is 11.7 Å². The Morgan fingerprint density at radius 2 is 2.08 bits per heavy atom. The zero-order valence-corrected chi connectivity index (χ0v) is 15.5. The van der Waals surface area contributed by atoms with Crippen LogP contribution in [-0.4, -0.2) is 30.8 Å². The third kappa shape index (κ3) is 3.85. The van der Waals surface area contributed by atoms with Gasteiger partial charge in [-0.3, -0.25) is 9.59 Å². The van der Waals surface area contributed by atoms with Crippen LogP contribution in [0.3, 0.4) is 0 Å². The lowest BCUT2D eigenvalue weighted by molar-refractivity contribution is -0.120. The van der Waals surface area contributed by atoms with E-state index in [0.29, 0.717) is 22.7 Å². The zero-order chi connectivity index (χ0) is 18.1. The van der Waals surface area contributed by atoms with Crippen molar-refractivity contribution in [3.05, 3.63) is 50.4 Å². The highest BCUT2D eigenvalue weighted by Crippen LogP contribution is 2.33. The average molecular weight is 381 g/mol. The molecule has 0 spiro atoms. The molecule has 0 radical (unpaired) electrons. The Bertz CT molecular complexity index is 834. The number of thiophene rings is 1. The van der Waals surface area contributed by atoms with Gasteiger partial charge in [0.2, 0.25) is 5.91 Å². The number of benzene rings is 1. The lowest BCUT2D eigenvalue weighted by Crippen LogP contribution is -2.28. The molecule has 0 bridgehead atoms. The highest BCUT2D eigenvalue weighted by Gasteiger charge is 2.28. The standard InChI is InChI=1S/C18H18ClFN2O2S/c1-22(2)18(24)16-8-11-7-10(3-6-15(11)25-16)17(23)21-14-9-12(19)4-5-13(14)20/h4-5,8-10H,3,6-7H2,1-2H3,(H,21,23)/t10-/m0/s1. The van der Waals surface area contributed by atoms with E-state index in [1.54, 1.807) is 19.0 Å². The van der Waals surface area contributed by atoms with Gasteiger partial charge in [-0.15, -0.1) is 11.3 Å². The Morgan fingerprint density at radius 1 is 1.32 bits per heavy atom. The highest BCUT2D eigenvalue weighted by molar-refractivity contribution is 7.14. The number of amides is 2. The summed E-state index contributed by atoms with van der Waals surface area (Å²) in [7, 11) is 3.44. The average Bonchev–Trinajstić information content (AvgIpc) is 3.00. The summed E-state index contributed by atoms with van der Waals surface area (Å²) < 4.78 is 13.8. The van der Waals surface area contributed by atoms with E-state index < -0.39 is 5.82 Å². The Balaban J connectivity index is 1.73. The maximum absolute atomic E-state index is 13.8. The number of aryl methyl sites for hydroxylation is 1. The number of halogens is 2. The number of nitrogens with one attached hydrogen (secondary N) is 1. The van der Waals surface area contributed by atoms with Crippen molar-refractivity contribution in [1.29, 1.82) is 0 Å². The molecule has 0 aliphatic heterocycles. The Kier molecular flexibility index (Phi) is 5.11. The van der Waals surface area contributed by atoms with Gasteiger partial charge in [-0.05, 0) is 49.1 Å². The van der Waals surface area contributed by atoms with Gasteiger partial charge in [0.25, 0.3) is 5.91 Å². The van der Waals surface area contributed by atoms with E-state index in [0.717, 1.165) is 16.9 Å². The summed E-state index contributed by atoms with van der Waals surface area (Å²) in [6.07, 6.45) is 1.98. The molecule has 3 rings (SSSR count). The van der Waals surface area contributed by atoms with E-state index in [9.17, 15) is 14.0 Å². The molecule has 1 aliphatic carbocycles. The molecule has 7 heteroatoms. The number of carbonyl (C=O) groups excluding carboxylic acids is 2. The van der Waals surface area contributed by atoms with Crippen molar-refractivity contribution < 1.29 is 14.0 Å². The number of hydrogen-bond acceptors (Lipinski definition) is 3. The van der Waals surface area contributed by atoms with Crippen LogP contribution in [0.4, 0.5) is 10.1 Å². The van der Waals surface area contributed by atoms with E-state index in [1.165, 1.54) is 29.5 Å². The lowest BCUT2D eigenvalue weighted by atomic mass is 9.87. The molecule has 1 aliphatic rings. The molecule has 25 heavy (non-hydrogen) atoms.